The Morgan fingerprint density at radius 2 is 2.00 bits per heavy atom. The van der Waals surface area contributed by atoms with Gasteiger partial charge in [0.05, 0.1) is 24.5 Å². The molecule has 0 saturated heterocycles. The average molecular weight is 303 g/mol. The number of aliphatic hydroxyl groups excluding tert-OH is 1. The summed E-state index contributed by atoms with van der Waals surface area (Å²) < 4.78 is 28.4. The number of hydrogen-bond donors (Lipinski definition) is 1. The number of aliphatic hydroxyl groups is 1. The van der Waals surface area contributed by atoms with Gasteiger partial charge in [-0.25, -0.2) is 8.42 Å². The molecule has 0 spiro atoms. The van der Waals surface area contributed by atoms with Crippen molar-refractivity contribution in [1.82, 2.24) is 14.1 Å². The fourth-order valence-electron chi connectivity index (χ4n) is 2.35. The van der Waals surface area contributed by atoms with Crippen LogP contribution >= 0.6 is 0 Å². The van der Waals surface area contributed by atoms with Gasteiger partial charge in [-0.1, -0.05) is 13.3 Å². The molecule has 1 N–H and O–H groups in total. The summed E-state index contributed by atoms with van der Waals surface area (Å²) in [5, 5.41) is 13.2. The van der Waals surface area contributed by atoms with Crippen LogP contribution in [0.25, 0.3) is 0 Å². The van der Waals surface area contributed by atoms with Gasteiger partial charge < -0.3 is 5.11 Å². The lowest BCUT2D eigenvalue weighted by Crippen LogP contribution is -2.35. The maximum atomic E-state index is 12.7. The number of nitrogens with zero attached hydrogens (tertiary/aromatic N) is 3. The number of sulfonamides is 1. The quantitative estimate of drug-likeness (QED) is 0.824. The van der Waals surface area contributed by atoms with E-state index in [1.807, 2.05) is 13.8 Å². The predicted octanol–water partition coefficient (Wildman–Crippen LogP) is 1.30. The Balaban J connectivity index is 3.22. The van der Waals surface area contributed by atoms with Crippen molar-refractivity contribution in [3.63, 3.8) is 0 Å². The first-order valence-corrected chi connectivity index (χ1v) is 8.34. The molecule has 0 aliphatic heterocycles. The van der Waals surface area contributed by atoms with Crippen LogP contribution in [0.5, 0.6) is 0 Å². The average Bonchev–Trinajstić information content (AvgIpc) is 2.64. The van der Waals surface area contributed by atoms with E-state index in [0.717, 1.165) is 12.8 Å². The molecule has 7 heteroatoms. The van der Waals surface area contributed by atoms with Crippen molar-refractivity contribution < 1.29 is 13.5 Å². The van der Waals surface area contributed by atoms with E-state index in [2.05, 4.69) is 5.10 Å². The first-order valence-electron chi connectivity index (χ1n) is 6.90. The van der Waals surface area contributed by atoms with Gasteiger partial charge in [-0.15, -0.1) is 0 Å². The van der Waals surface area contributed by atoms with Crippen molar-refractivity contribution in [3.8, 4) is 0 Å². The highest BCUT2D eigenvalue weighted by atomic mass is 32.2. The Morgan fingerprint density at radius 1 is 1.40 bits per heavy atom. The molecule has 1 aromatic rings. The van der Waals surface area contributed by atoms with E-state index in [9.17, 15) is 8.42 Å². The Morgan fingerprint density at radius 3 is 2.50 bits per heavy atom. The lowest BCUT2D eigenvalue weighted by atomic mass is 10.2. The molecule has 1 heterocycles. The molecule has 1 atom stereocenters. The molecule has 0 amide bonds. The molecule has 0 aliphatic rings. The summed E-state index contributed by atoms with van der Waals surface area (Å²) in [7, 11) is -1.94. The van der Waals surface area contributed by atoms with E-state index in [1.54, 1.807) is 25.6 Å². The van der Waals surface area contributed by atoms with Gasteiger partial charge in [0.1, 0.15) is 4.90 Å². The first kappa shape index (κ1) is 17.1. The van der Waals surface area contributed by atoms with Crippen molar-refractivity contribution in [1.29, 1.82) is 0 Å². The molecule has 0 radical (unpaired) electrons. The van der Waals surface area contributed by atoms with E-state index < -0.39 is 10.0 Å². The van der Waals surface area contributed by atoms with E-state index in [0.29, 0.717) is 17.9 Å². The van der Waals surface area contributed by atoms with E-state index in [1.165, 1.54) is 4.31 Å². The lowest BCUT2D eigenvalue weighted by Gasteiger charge is -2.24. The highest BCUT2D eigenvalue weighted by molar-refractivity contribution is 7.89. The Bertz CT molecular complexity index is 551. The summed E-state index contributed by atoms with van der Waals surface area (Å²) >= 11 is 0. The van der Waals surface area contributed by atoms with Crippen LogP contribution in [0.4, 0.5) is 0 Å². The standard InChI is InChI=1S/C13H25N3O3S/c1-6-7-10(2)15(5)20(18,19)13-11(3)14-16(8-9-17)12(13)4/h10,17H,6-9H2,1-5H3. The van der Waals surface area contributed by atoms with Crippen LogP contribution in [-0.2, 0) is 16.6 Å². The first-order chi connectivity index (χ1) is 9.27. The van der Waals surface area contributed by atoms with E-state index >= 15 is 0 Å². The summed E-state index contributed by atoms with van der Waals surface area (Å²) in [4.78, 5) is 0.261. The summed E-state index contributed by atoms with van der Waals surface area (Å²) in [5.41, 5.74) is 1.05. The van der Waals surface area contributed by atoms with Gasteiger partial charge in [-0.3, -0.25) is 4.68 Å². The SMILES string of the molecule is CCCC(C)N(C)S(=O)(=O)c1c(C)nn(CCO)c1C. The van der Waals surface area contributed by atoms with Crippen LogP contribution < -0.4 is 0 Å². The largest absolute Gasteiger partial charge is 0.394 e. The van der Waals surface area contributed by atoms with Crippen LogP contribution in [0.3, 0.4) is 0 Å². The second-order valence-electron chi connectivity index (χ2n) is 5.11. The molecule has 0 aliphatic carbocycles. The molecule has 20 heavy (non-hydrogen) atoms. The third-order valence-corrected chi connectivity index (χ3v) is 5.82. The third kappa shape index (κ3) is 3.21. The van der Waals surface area contributed by atoms with Crippen molar-refractivity contribution in [3.05, 3.63) is 11.4 Å². The van der Waals surface area contributed by atoms with Crippen molar-refractivity contribution in [2.24, 2.45) is 0 Å². The van der Waals surface area contributed by atoms with Gasteiger partial charge >= 0.3 is 0 Å². The normalized spacial score (nSPS) is 13.9. The maximum Gasteiger partial charge on any atom is 0.246 e. The van der Waals surface area contributed by atoms with Gasteiger partial charge in [0.15, 0.2) is 0 Å². The predicted molar refractivity (Wildman–Crippen MR) is 78.1 cm³/mol. The zero-order valence-corrected chi connectivity index (χ0v) is 13.7. The Kier molecular flexibility index (Phi) is 5.73. The zero-order chi connectivity index (χ0) is 15.5. The van der Waals surface area contributed by atoms with Crippen molar-refractivity contribution in [2.75, 3.05) is 13.7 Å². The van der Waals surface area contributed by atoms with Crippen LogP contribution in [0.15, 0.2) is 4.90 Å². The van der Waals surface area contributed by atoms with E-state index in [-0.39, 0.29) is 17.5 Å². The second kappa shape index (κ2) is 6.69. The lowest BCUT2D eigenvalue weighted by molar-refractivity contribution is 0.267. The molecule has 0 bridgehead atoms. The molecule has 1 rings (SSSR count). The third-order valence-electron chi connectivity index (χ3n) is 3.59. The molecule has 116 valence electrons. The van der Waals surface area contributed by atoms with Gasteiger partial charge in [0, 0.05) is 13.1 Å². The molecular weight excluding hydrogens is 278 g/mol. The molecular formula is C13H25N3O3S. The highest BCUT2D eigenvalue weighted by Gasteiger charge is 2.30. The molecule has 0 fully saturated rings. The second-order valence-corrected chi connectivity index (χ2v) is 7.04. The number of aryl methyl sites for hydroxylation is 1. The molecule has 0 aromatic carbocycles. The van der Waals surface area contributed by atoms with Gasteiger partial charge in [0.25, 0.3) is 0 Å². The summed E-state index contributed by atoms with van der Waals surface area (Å²) in [6.45, 7) is 7.59. The van der Waals surface area contributed by atoms with Crippen LogP contribution in [0, 0.1) is 13.8 Å². The number of rotatable bonds is 7. The van der Waals surface area contributed by atoms with Crippen LogP contribution in [0.2, 0.25) is 0 Å². The van der Waals surface area contributed by atoms with Crippen LogP contribution in [-0.4, -0.2) is 47.3 Å². The maximum absolute atomic E-state index is 12.7. The Hall–Kier alpha value is -0.920. The molecule has 6 nitrogen and oxygen atoms in total. The molecule has 1 unspecified atom stereocenters. The minimum absolute atomic E-state index is 0.0509. The molecule has 1 aromatic heterocycles. The minimum Gasteiger partial charge on any atom is -0.394 e. The number of hydrogen-bond acceptors (Lipinski definition) is 4. The Labute approximate surface area is 121 Å². The number of aromatic nitrogens is 2. The highest BCUT2D eigenvalue weighted by Crippen LogP contribution is 2.24. The molecule has 0 saturated carbocycles. The summed E-state index contributed by atoms with van der Waals surface area (Å²) in [5.74, 6) is 0. The van der Waals surface area contributed by atoms with Gasteiger partial charge in [0.2, 0.25) is 10.0 Å². The van der Waals surface area contributed by atoms with Crippen LogP contribution in [0.1, 0.15) is 38.1 Å². The topological polar surface area (TPSA) is 75.4 Å². The fourth-order valence-corrected chi connectivity index (χ4v) is 4.11. The monoisotopic (exact) mass is 303 g/mol. The van der Waals surface area contributed by atoms with Crippen molar-refractivity contribution >= 4 is 10.0 Å². The minimum atomic E-state index is -3.55. The van der Waals surface area contributed by atoms with Crippen molar-refractivity contribution in [2.45, 2.75) is 58.0 Å². The van der Waals surface area contributed by atoms with Gasteiger partial charge in [-0.05, 0) is 27.2 Å². The summed E-state index contributed by atoms with van der Waals surface area (Å²) in [6.07, 6.45) is 1.75. The van der Waals surface area contributed by atoms with E-state index in [4.69, 9.17) is 5.11 Å². The fraction of sp³-hybridized carbons (Fsp3) is 0.769. The smallest absolute Gasteiger partial charge is 0.246 e. The summed E-state index contributed by atoms with van der Waals surface area (Å²) in [6, 6.07) is -0.0509. The van der Waals surface area contributed by atoms with Gasteiger partial charge in [-0.2, -0.15) is 9.40 Å². The zero-order valence-electron chi connectivity index (χ0n) is 12.9.